The van der Waals surface area contributed by atoms with Gasteiger partial charge in [-0.3, -0.25) is 4.98 Å². The number of anilines is 2. The van der Waals surface area contributed by atoms with Gasteiger partial charge in [0.1, 0.15) is 11.8 Å². The average molecular weight is 601 g/mol. The topological polar surface area (TPSA) is 121 Å². The number of nitrogens with zero attached hydrogens (tertiary/aromatic N) is 6. The fraction of sp³-hybridized carbons (Fsp3) is 0.467. The number of nitrogens with two attached hydrogens (primary N) is 2. The van der Waals surface area contributed by atoms with Crippen LogP contribution >= 0.6 is 0 Å². The summed E-state index contributed by atoms with van der Waals surface area (Å²) in [4.78, 5) is 18.7. The minimum atomic E-state index is -2.72. The first-order valence-electron chi connectivity index (χ1n) is 14.5. The van der Waals surface area contributed by atoms with Crippen molar-refractivity contribution in [3.63, 3.8) is 0 Å². The quantitative estimate of drug-likeness (QED) is 0.277. The smallest absolute Gasteiger partial charge is 0.345 e. The standard InChI is InChI=1S/C23H27F4N3O.C7H9N5/c24-19-8-2-15(12-20(19)25)21-9-5-17(13-29-21)30-11-1-10-23(28,14-30)16-3-6-18(7-4-16)31-22(26)27;1-2-12-4-11-5-6(8)9-3-10-7(5)12/h2,5,8-9,12-13,16,18,22H,1,3-4,6-7,10-11,14,28H2;3-4H,2H2,1H3,(H2,8,9,10)/t16?,18?,23-;/m1./s1. The number of benzene rings is 1. The highest BCUT2D eigenvalue weighted by atomic mass is 19.3. The first-order chi connectivity index (χ1) is 20.7. The second kappa shape index (κ2) is 13.2. The van der Waals surface area contributed by atoms with Crippen molar-refractivity contribution in [2.75, 3.05) is 23.7 Å². The van der Waals surface area contributed by atoms with Gasteiger partial charge in [-0.05, 0) is 81.7 Å². The van der Waals surface area contributed by atoms with Crippen LogP contribution < -0.4 is 16.4 Å². The van der Waals surface area contributed by atoms with Gasteiger partial charge in [-0.15, -0.1) is 0 Å². The van der Waals surface area contributed by atoms with E-state index in [9.17, 15) is 17.6 Å². The van der Waals surface area contributed by atoms with Gasteiger partial charge in [-0.1, -0.05) is 0 Å². The van der Waals surface area contributed by atoms with Gasteiger partial charge in [0, 0.05) is 30.7 Å². The highest BCUT2D eigenvalue weighted by Gasteiger charge is 2.41. The second-order valence-electron chi connectivity index (χ2n) is 11.1. The number of aromatic nitrogens is 5. The van der Waals surface area contributed by atoms with E-state index in [0.29, 0.717) is 42.0 Å². The van der Waals surface area contributed by atoms with Crippen molar-refractivity contribution >= 4 is 22.7 Å². The van der Waals surface area contributed by atoms with E-state index in [0.717, 1.165) is 62.2 Å². The van der Waals surface area contributed by atoms with Gasteiger partial charge >= 0.3 is 6.61 Å². The third kappa shape index (κ3) is 7.04. The van der Waals surface area contributed by atoms with Crippen molar-refractivity contribution in [2.45, 2.75) is 70.2 Å². The van der Waals surface area contributed by atoms with E-state index in [1.165, 1.54) is 12.4 Å². The number of pyridine rings is 1. The van der Waals surface area contributed by atoms with Crippen molar-refractivity contribution in [3.8, 4) is 11.3 Å². The lowest BCUT2D eigenvalue weighted by atomic mass is 9.70. The molecule has 1 aliphatic carbocycles. The van der Waals surface area contributed by atoms with Crippen LogP contribution in [0.3, 0.4) is 0 Å². The molecule has 0 unspecified atom stereocenters. The Hall–Kier alpha value is -3.84. The first-order valence-corrected chi connectivity index (χ1v) is 14.5. The molecule has 3 aromatic heterocycles. The molecule has 43 heavy (non-hydrogen) atoms. The number of imidazole rings is 1. The molecular weight excluding hydrogens is 564 g/mol. The lowest BCUT2D eigenvalue weighted by Crippen LogP contribution is -2.59. The molecular formula is C30H36F4N8O. The van der Waals surface area contributed by atoms with Crippen molar-refractivity contribution in [1.82, 2.24) is 24.5 Å². The summed E-state index contributed by atoms with van der Waals surface area (Å²) in [6.45, 7) is 1.67. The molecule has 230 valence electrons. The van der Waals surface area contributed by atoms with Crippen LogP contribution in [0.4, 0.5) is 29.1 Å². The van der Waals surface area contributed by atoms with Crippen molar-refractivity contribution < 1.29 is 22.3 Å². The number of hydrogen-bond acceptors (Lipinski definition) is 8. The lowest BCUT2D eigenvalue weighted by molar-refractivity contribution is -0.172. The van der Waals surface area contributed by atoms with E-state index in [1.54, 1.807) is 18.6 Å². The summed E-state index contributed by atoms with van der Waals surface area (Å²) in [5, 5.41) is 0. The Morgan fingerprint density at radius 2 is 1.81 bits per heavy atom. The first kappa shape index (κ1) is 30.6. The number of halogens is 4. The van der Waals surface area contributed by atoms with E-state index in [2.05, 4.69) is 29.6 Å². The third-order valence-corrected chi connectivity index (χ3v) is 8.44. The Balaban J connectivity index is 0.000000255. The number of alkyl halides is 2. The van der Waals surface area contributed by atoms with Crippen LogP contribution in [0.25, 0.3) is 22.4 Å². The number of fused-ring (bicyclic) bond motifs is 1. The number of aryl methyl sites for hydroxylation is 1. The Bertz CT molecular complexity index is 1510. The van der Waals surface area contributed by atoms with Crippen LogP contribution in [-0.4, -0.2) is 55.8 Å². The molecule has 1 saturated carbocycles. The molecule has 2 aliphatic rings. The monoisotopic (exact) mass is 600 g/mol. The Morgan fingerprint density at radius 3 is 2.49 bits per heavy atom. The zero-order valence-electron chi connectivity index (χ0n) is 24.0. The van der Waals surface area contributed by atoms with Crippen molar-refractivity contribution in [1.29, 1.82) is 0 Å². The molecule has 0 amide bonds. The normalized spacial score (nSPS) is 22.4. The number of nitrogen functional groups attached to an aromatic ring is 1. The van der Waals surface area contributed by atoms with Gasteiger partial charge in [0.25, 0.3) is 0 Å². The van der Waals surface area contributed by atoms with Crippen LogP contribution in [0.1, 0.15) is 45.4 Å². The summed E-state index contributed by atoms with van der Waals surface area (Å²) in [5.41, 5.74) is 15.5. The maximum absolute atomic E-state index is 13.5. The fourth-order valence-electron chi connectivity index (χ4n) is 6.11. The molecule has 9 nitrogen and oxygen atoms in total. The molecule has 1 atom stereocenters. The van der Waals surface area contributed by atoms with Gasteiger partial charge in [0.2, 0.25) is 0 Å². The van der Waals surface area contributed by atoms with Gasteiger partial charge in [-0.25, -0.2) is 23.7 Å². The van der Waals surface area contributed by atoms with Gasteiger partial charge in [-0.2, -0.15) is 8.78 Å². The molecule has 4 aromatic rings. The maximum Gasteiger partial charge on any atom is 0.345 e. The van der Waals surface area contributed by atoms with E-state index in [4.69, 9.17) is 11.5 Å². The molecule has 13 heteroatoms. The summed E-state index contributed by atoms with van der Waals surface area (Å²) in [6, 6.07) is 7.44. The molecule has 6 rings (SSSR count). The van der Waals surface area contributed by atoms with Crippen LogP contribution in [0.15, 0.2) is 49.2 Å². The molecule has 0 spiro atoms. The number of hydrogen-bond donors (Lipinski definition) is 2. The molecule has 1 aromatic carbocycles. The summed E-state index contributed by atoms with van der Waals surface area (Å²) in [6.07, 6.45) is 9.15. The SMILES string of the molecule is CCn1cnc2c(N)ncnc21.N[C@]1(C2CCC(OC(F)F)CC2)CCCN(c2ccc(-c3ccc(F)c(F)c3)nc2)C1. The van der Waals surface area contributed by atoms with Crippen molar-refractivity contribution in [3.05, 3.63) is 60.8 Å². The highest BCUT2D eigenvalue weighted by molar-refractivity contribution is 5.81. The molecule has 4 heterocycles. The summed E-state index contributed by atoms with van der Waals surface area (Å²) < 4.78 is 58.2. The number of piperidine rings is 1. The van der Waals surface area contributed by atoms with E-state index in [-0.39, 0.29) is 17.6 Å². The molecule has 4 N–H and O–H groups in total. The second-order valence-corrected chi connectivity index (χ2v) is 11.1. The Labute approximate surface area is 247 Å². The van der Waals surface area contributed by atoms with Gasteiger partial charge < -0.3 is 25.7 Å². The predicted octanol–water partition coefficient (Wildman–Crippen LogP) is 5.55. The van der Waals surface area contributed by atoms with Crippen LogP contribution in [0, 0.1) is 17.6 Å². The largest absolute Gasteiger partial charge is 0.382 e. The number of rotatable bonds is 6. The maximum atomic E-state index is 13.5. The average Bonchev–Trinajstić information content (AvgIpc) is 3.44. The van der Waals surface area contributed by atoms with Gasteiger partial charge in [0.05, 0.1) is 30.0 Å². The van der Waals surface area contributed by atoms with Crippen LogP contribution in [0.2, 0.25) is 0 Å². The summed E-state index contributed by atoms with van der Waals surface area (Å²) in [7, 11) is 0. The molecule has 0 radical (unpaired) electrons. The van der Waals surface area contributed by atoms with E-state index in [1.807, 2.05) is 17.6 Å². The Morgan fingerprint density at radius 1 is 1.02 bits per heavy atom. The minimum absolute atomic E-state index is 0.266. The van der Waals surface area contributed by atoms with E-state index < -0.39 is 18.2 Å². The minimum Gasteiger partial charge on any atom is -0.382 e. The zero-order chi connectivity index (χ0) is 30.6. The Kier molecular flexibility index (Phi) is 9.40. The fourth-order valence-corrected chi connectivity index (χ4v) is 6.11. The highest BCUT2D eigenvalue weighted by Crippen LogP contribution is 2.39. The molecule has 2 fully saturated rings. The molecule has 1 aliphatic heterocycles. The lowest BCUT2D eigenvalue weighted by Gasteiger charge is -2.47. The van der Waals surface area contributed by atoms with E-state index >= 15 is 0 Å². The summed E-state index contributed by atoms with van der Waals surface area (Å²) >= 11 is 0. The summed E-state index contributed by atoms with van der Waals surface area (Å²) in [5.74, 6) is -1.08. The van der Waals surface area contributed by atoms with Gasteiger partial charge in [0.15, 0.2) is 23.1 Å². The third-order valence-electron chi connectivity index (χ3n) is 8.44. The zero-order valence-corrected chi connectivity index (χ0v) is 24.0. The number of ether oxygens (including phenoxy) is 1. The molecule has 0 bridgehead atoms. The molecule has 1 saturated heterocycles. The van der Waals surface area contributed by atoms with Crippen molar-refractivity contribution in [2.24, 2.45) is 11.7 Å². The predicted molar refractivity (Wildman–Crippen MR) is 156 cm³/mol. The van der Waals surface area contributed by atoms with Crippen LogP contribution in [-0.2, 0) is 11.3 Å². The van der Waals surface area contributed by atoms with Crippen LogP contribution in [0.5, 0.6) is 0 Å².